The van der Waals surface area contributed by atoms with Crippen LogP contribution in [0.2, 0.25) is 0 Å². The molecular formula is C16H15N3O3S. The molecule has 118 valence electrons. The van der Waals surface area contributed by atoms with E-state index in [4.69, 9.17) is 15.2 Å². The minimum Gasteiger partial charge on any atom is -0.497 e. The second kappa shape index (κ2) is 6.13. The maximum absolute atomic E-state index is 12.3. The molecule has 1 amide bonds. The summed E-state index contributed by atoms with van der Waals surface area (Å²) >= 11 is 1.34. The van der Waals surface area contributed by atoms with Gasteiger partial charge in [0.05, 0.1) is 18.9 Å². The van der Waals surface area contributed by atoms with E-state index in [0.717, 1.165) is 4.70 Å². The standard InChI is InChI=1S/C16H15N3O3S/c1-21-11-5-3-9(4-6-11)15(20)18-10-7-12(22-2)14-13(8-10)23-16(17)19-14/h3-8H,1-2H3,(H2,17,19)(H,18,20). The Bertz CT molecular complexity index is 859. The van der Waals surface area contributed by atoms with Gasteiger partial charge in [-0.25, -0.2) is 4.98 Å². The number of hydrogen-bond donors (Lipinski definition) is 2. The summed E-state index contributed by atoms with van der Waals surface area (Å²) < 4.78 is 11.3. The molecule has 1 heterocycles. The first-order valence-corrected chi connectivity index (χ1v) is 7.62. The molecule has 2 aromatic carbocycles. The van der Waals surface area contributed by atoms with Crippen molar-refractivity contribution in [3.63, 3.8) is 0 Å². The highest BCUT2D eigenvalue weighted by atomic mass is 32.1. The number of aromatic nitrogens is 1. The van der Waals surface area contributed by atoms with E-state index in [1.165, 1.54) is 11.3 Å². The molecule has 0 saturated heterocycles. The Hall–Kier alpha value is -2.80. The fourth-order valence-electron chi connectivity index (χ4n) is 2.19. The van der Waals surface area contributed by atoms with Crippen molar-refractivity contribution in [2.75, 3.05) is 25.3 Å². The average molecular weight is 329 g/mol. The maximum atomic E-state index is 12.3. The first-order chi connectivity index (χ1) is 11.1. The summed E-state index contributed by atoms with van der Waals surface area (Å²) in [5.74, 6) is 1.05. The minimum atomic E-state index is -0.216. The Morgan fingerprint density at radius 1 is 1.17 bits per heavy atom. The molecule has 0 bridgehead atoms. The van der Waals surface area contributed by atoms with Crippen molar-refractivity contribution in [1.29, 1.82) is 0 Å². The van der Waals surface area contributed by atoms with E-state index in [1.807, 2.05) is 6.07 Å². The molecule has 0 atom stereocenters. The van der Waals surface area contributed by atoms with Crippen LogP contribution in [0.4, 0.5) is 10.8 Å². The van der Waals surface area contributed by atoms with E-state index >= 15 is 0 Å². The topological polar surface area (TPSA) is 86.5 Å². The van der Waals surface area contributed by atoms with Crippen molar-refractivity contribution >= 4 is 38.3 Å². The van der Waals surface area contributed by atoms with Crippen LogP contribution in [0.1, 0.15) is 10.4 Å². The first kappa shape index (κ1) is 15.1. The van der Waals surface area contributed by atoms with Gasteiger partial charge < -0.3 is 20.5 Å². The molecule has 7 heteroatoms. The molecule has 0 aliphatic rings. The lowest BCUT2D eigenvalue weighted by Gasteiger charge is -2.08. The maximum Gasteiger partial charge on any atom is 0.255 e. The van der Waals surface area contributed by atoms with Gasteiger partial charge in [0, 0.05) is 17.3 Å². The molecule has 3 aromatic rings. The highest BCUT2D eigenvalue weighted by molar-refractivity contribution is 7.22. The fraction of sp³-hybridized carbons (Fsp3) is 0.125. The Morgan fingerprint density at radius 2 is 1.91 bits per heavy atom. The number of thiazole rings is 1. The monoisotopic (exact) mass is 329 g/mol. The number of methoxy groups -OCH3 is 2. The van der Waals surface area contributed by atoms with Crippen molar-refractivity contribution in [3.8, 4) is 11.5 Å². The van der Waals surface area contributed by atoms with Gasteiger partial charge in [-0.15, -0.1) is 0 Å². The quantitative estimate of drug-likeness (QED) is 0.768. The van der Waals surface area contributed by atoms with Crippen LogP contribution in [-0.4, -0.2) is 25.1 Å². The summed E-state index contributed by atoms with van der Waals surface area (Å²) in [5.41, 5.74) is 7.59. The lowest BCUT2D eigenvalue weighted by atomic mass is 10.2. The molecule has 0 saturated carbocycles. The Balaban J connectivity index is 1.89. The van der Waals surface area contributed by atoms with Crippen molar-refractivity contribution in [1.82, 2.24) is 4.98 Å². The van der Waals surface area contributed by atoms with Gasteiger partial charge in [-0.2, -0.15) is 0 Å². The van der Waals surface area contributed by atoms with Gasteiger partial charge in [0.25, 0.3) is 5.91 Å². The number of anilines is 2. The van der Waals surface area contributed by atoms with Crippen molar-refractivity contribution in [3.05, 3.63) is 42.0 Å². The Labute approximate surface area is 136 Å². The number of hydrogen-bond acceptors (Lipinski definition) is 6. The van der Waals surface area contributed by atoms with Gasteiger partial charge in [-0.3, -0.25) is 4.79 Å². The molecule has 0 unspecified atom stereocenters. The van der Waals surface area contributed by atoms with E-state index in [2.05, 4.69) is 10.3 Å². The predicted molar refractivity (Wildman–Crippen MR) is 91.5 cm³/mol. The van der Waals surface area contributed by atoms with Gasteiger partial charge >= 0.3 is 0 Å². The molecule has 0 spiro atoms. The third kappa shape index (κ3) is 3.04. The molecule has 3 rings (SSSR count). The summed E-state index contributed by atoms with van der Waals surface area (Å²) in [7, 11) is 3.14. The molecule has 3 N–H and O–H groups in total. The predicted octanol–water partition coefficient (Wildman–Crippen LogP) is 3.15. The van der Waals surface area contributed by atoms with Gasteiger partial charge in [-0.05, 0) is 30.3 Å². The lowest BCUT2D eigenvalue weighted by Crippen LogP contribution is -2.11. The SMILES string of the molecule is COc1ccc(C(=O)Nc2cc(OC)c3nc(N)sc3c2)cc1. The number of carbonyl (C=O) groups is 1. The van der Waals surface area contributed by atoms with E-state index < -0.39 is 0 Å². The molecule has 0 radical (unpaired) electrons. The van der Waals surface area contributed by atoms with E-state index in [-0.39, 0.29) is 5.91 Å². The number of rotatable bonds is 4. The molecule has 0 aliphatic carbocycles. The Kier molecular flexibility index (Phi) is 4.03. The third-order valence-electron chi connectivity index (χ3n) is 3.31. The van der Waals surface area contributed by atoms with Crippen molar-refractivity contribution in [2.45, 2.75) is 0 Å². The first-order valence-electron chi connectivity index (χ1n) is 6.80. The van der Waals surface area contributed by atoms with Crippen LogP contribution in [0.25, 0.3) is 10.2 Å². The van der Waals surface area contributed by atoms with Crippen LogP contribution in [0, 0.1) is 0 Å². The molecular weight excluding hydrogens is 314 g/mol. The van der Waals surface area contributed by atoms with Crippen molar-refractivity contribution < 1.29 is 14.3 Å². The number of ether oxygens (including phenoxy) is 2. The van der Waals surface area contributed by atoms with E-state index in [9.17, 15) is 4.79 Å². The molecule has 23 heavy (non-hydrogen) atoms. The average Bonchev–Trinajstić information content (AvgIpc) is 2.94. The number of nitrogen functional groups attached to an aromatic ring is 1. The van der Waals surface area contributed by atoms with Crippen LogP contribution in [-0.2, 0) is 0 Å². The number of benzene rings is 2. The number of carbonyl (C=O) groups excluding carboxylic acids is 1. The minimum absolute atomic E-state index is 0.216. The highest BCUT2D eigenvalue weighted by Gasteiger charge is 2.12. The number of amides is 1. The Morgan fingerprint density at radius 3 is 2.57 bits per heavy atom. The number of fused-ring (bicyclic) bond motifs is 1. The van der Waals surface area contributed by atoms with E-state index in [0.29, 0.717) is 33.4 Å². The second-order valence-electron chi connectivity index (χ2n) is 4.76. The highest BCUT2D eigenvalue weighted by Crippen LogP contribution is 2.34. The molecule has 0 aliphatic heterocycles. The molecule has 0 fully saturated rings. The smallest absolute Gasteiger partial charge is 0.255 e. The summed E-state index contributed by atoms with van der Waals surface area (Å²) in [6, 6.07) is 10.4. The number of nitrogens with one attached hydrogen (secondary N) is 1. The van der Waals surface area contributed by atoms with Crippen LogP contribution >= 0.6 is 11.3 Å². The fourth-order valence-corrected chi connectivity index (χ4v) is 2.98. The van der Waals surface area contributed by atoms with Gasteiger partial charge in [0.2, 0.25) is 0 Å². The van der Waals surface area contributed by atoms with Crippen LogP contribution < -0.4 is 20.5 Å². The summed E-state index contributed by atoms with van der Waals surface area (Å²) in [5, 5.41) is 3.31. The van der Waals surface area contributed by atoms with Crippen LogP contribution in [0.5, 0.6) is 11.5 Å². The summed E-state index contributed by atoms with van der Waals surface area (Å²) in [6.45, 7) is 0. The van der Waals surface area contributed by atoms with Gasteiger partial charge in [0.1, 0.15) is 17.0 Å². The zero-order chi connectivity index (χ0) is 16.4. The third-order valence-corrected chi connectivity index (χ3v) is 4.14. The zero-order valence-corrected chi connectivity index (χ0v) is 13.4. The number of nitrogens with zero attached hydrogens (tertiary/aromatic N) is 1. The number of nitrogens with two attached hydrogens (primary N) is 1. The van der Waals surface area contributed by atoms with Crippen LogP contribution in [0.15, 0.2) is 36.4 Å². The largest absolute Gasteiger partial charge is 0.497 e. The summed E-state index contributed by atoms with van der Waals surface area (Å²) in [4.78, 5) is 16.6. The van der Waals surface area contributed by atoms with Gasteiger partial charge in [-0.1, -0.05) is 11.3 Å². The van der Waals surface area contributed by atoms with Gasteiger partial charge in [0.15, 0.2) is 5.13 Å². The lowest BCUT2D eigenvalue weighted by molar-refractivity contribution is 0.102. The van der Waals surface area contributed by atoms with Crippen molar-refractivity contribution in [2.24, 2.45) is 0 Å². The normalized spacial score (nSPS) is 10.5. The summed E-state index contributed by atoms with van der Waals surface area (Å²) in [6.07, 6.45) is 0. The van der Waals surface area contributed by atoms with E-state index in [1.54, 1.807) is 44.6 Å². The van der Waals surface area contributed by atoms with Crippen LogP contribution in [0.3, 0.4) is 0 Å². The zero-order valence-electron chi connectivity index (χ0n) is 12.6. The molecule has 1 aromatic heterocycles. The molecule has 6 nitrogen and oxygen atoms in total. The second-order valence-corrected chi connectivity index (χ2v) is 5.82.